The molecule has 1 aromatic rings. The monoisotopic (exact) mass is 401 g/mol. The number of rotatable bonds is 6. The molecule has 7 nitrogen and oxygen atoms in total. The fourth-order valence-corrected chi connectivity index (χ4v) is 4.83. The van der Waals surface area contributed by atoms with Crippen LogP contribution in [0.4, 0.5) is 0 Å². The van der Waals surface area contributed by atoms with E-state index in [9.17, 15) is 14.7 Å². The molecule has 3 aliphatic rings. The van der Waals surface area contributed by atoms with Crippen LogP contribution in [0, 0.1) is 5.92 Å². The van der Waals surface area contributed by atoms with Gasteiger partial charge in [0.1, 0.15) is 12.1 Å². The van der Waals surface area contributed by atoms with Crippen molar-refractivity contribution in [2.75, 3.05) is 19.6 Å². The summed E-state index contributed by atoms with van der Waals surface area (Å²) in [4.78, 5) is 27.1. The topological polar surface area (TPSA) is 90.9 Å². The number of benzene rings is 1. The van der Waals surface area contributed by atoms with Gasteiger partial charge in [0.15, 0.2) is 0 Å². The molecule has 0 bridgehead atoms. The quantitative estimate of drug-likeness (QED) is 0.656. The minimum absolute atomic E-state index is 0.102. The van der Waals surface area contributed by atoms with E-state index >= 15 is 0 Å². The van der Waals surface area contributed by atoms with Crippen molar-refractivity contribution < 1.29 is 19.4 Å². The van der Waals surface area contributed by atoms with Crippen LogP contribution in [-0.4, -0.2) is 65.7 Å². The summed E-state index contributed by atoms with van der Waals surface area (Å²) in [5.74, 6) is 0.0476. The van der Waals surface area contributed by atoms with E-state index in [0.717, 1.165) is 37.9 Å². The van der Waals surface area contributed by atoms with E-state index in [4.69, 9.17) is 4.74 Å². The molecule has 0 unspecified atom stereocenters. The van der Waals surface area contributed by atoms with Gasteiger partial charge in [0, 0.05) is 13.0 Å². The van der Waals surface area contributed by atoms with Gasteiger partial charge in [-0.2, -0.15) is 0 Å². The van der Waals surface area contributed by atoms with Crippen LogP contribution in [0.2, 0.25) is 0 Å². The van der Waals surface area contributed by atoms with E-state index in [0.29, 0.717) is 25.5 Å². The lowest BCUT2D eigenvalue weighted by molar-refractivity contribution is -0.162. The van der Waals surface area contributed by atoms with Crippen LogP contribution in [0.5, 0.6) is 0 Å². The molecule has 4 atom stereocenters. The fourth-order valence-electron chi connectivity index (χ4n) is 4.83. The first kappa shape index (κ1) is 20.3. The predicted molar refractivity (Wildman–Crippen MR) is 108 cm³/mol. The van der Waals surface area contributed by atoms with Crippen molar-refractivity contribution in [1.82, 2.24) is 15.5 Å². The summed E-state index contributed by atoms with van der Waals surface area (Å²) in [5, 5.41) is 16.7. The van der Waals surface area contributed by atoms with E-state index in [1.165, 1.54) is 0 Å². The summed E-state index contributed by atoms with van der Waals surface area (Å²) in [5.41, 5.74) is 1.06. The maximum Gasteiger partial charge on any atom is 0.252 e. The van der Waals surface area contributed by atoms with Gasteiger partial charge in [-0.25, -0.2) is 0 Å². The van der Waals surface area contributed by atoms with Crippen LogP contribution in [0.25, 0.3) is 0 Å². The lowest BCUT2D eigenvalue weighted by Gasteiger charge is -2.40. The van der Waals surface area contributed by atoms with Gasteiger partial charge in [0.05, 0.1) is 18.8 Å². The Kier molecular flexibility index (Phi) is 6.47. The lowest BCUT2D eigenvalue weighted by Crippen LogP contribution is -2.59. The number of piperidine rings is 2. The normalized spacial score (nSPS) is 30.2. The molecule has 2 amide bonds. The Labute approximate surface area is 171 Å². The summed E-state index contributed by atoms with van der Waals surface area (Å²) in [6.07, 6.45) is 2.38. The Morgan fingerprint density at radius 1 is 1.17 bits per heavy atom. The number of carbonyl (C=O) groups is 2. The van der Waals surface area contributed by atoms with Crippen molar-refractivity contribution in [1.29, 1.82) is 0 Å². The molecule has 3 N–H and O–H groups in total. The molecule has 3 fully saturated rings. The SMILES string of the molecule is O=C(NCC1CCNCC1)[C@@H]1CC[C@H]2[C@@H](OCc3ccccc3)C[C@H](O)C(=O)N12. The van der Waals surface area contributed by atoms with Crippen LogP contribution in [0.3, 0.4) is 0 Å². The van der Waals surface area contributed by atoms with Gasteiger partial charge in [0.2, 0.25) is 5.91 Å². The summed E-state index contributed by atoms with van der Waals surface area (Å²) >= 11 is 0. The Morgan fingerprint density at radius 3 is 2.69 bits per heavy atom. The number of hydrogen-bond donors (Lipinski definition) is 3. The number of fused-ring (bicyclic) bond motifs is 1. The van der Waals surface area contributed by atoms with Crippen LogP contribution < -0.4 is 10.6 Å². The number of nitrogens with zero attached hydrogens (tertiary/aromatic N) is 1. The molecular weight excluding hydrogens is 370 g/mol. The van der Waals surface area contributed by atoms with Crippen LogP contribution in [0.1, 0.15) is 37.7 Å². The van der Waals surface area contributed by atoms with Gasteiger partial charge < -0.3 is 25.4 Å². The molecule has 29 heavy (non-hydrogen) atoms. The highest BCUT2D eigenvalue weighted by Crippen LogP contribution is 2.35. The average molecular weight is 402 g/mol. The van der Waals surface area contributed by atoms with Crippen LogP contribution in [-0.2, 0) is 20.9 Å². The Hall–Kier alpha value is -1.96. The van der Waals surface area contributed by atoms with E-state index in [1.54, 1.807) is 4.90 Å². The number of amides is 2. The third-order valence-electron chi connectivity index (χ3n) is 6.49. The standard InChI is InChI=1S/C22H31N3O4/c26-19-12-20(29-14-16-4-2-1-3-5-16)17-6-7-18(25(17)22(19)28)21(27)24-13-15-8-10-23-11-9-15/h1-5,15,17-20,23,26H,6-14H2,(H,24,27)/t17-,18-,19-,20-/m0/s1. The van der Waals surface area contributed by atoms with Gasteiger partial charge in [-0.05, 0) is 50.3 Å². The highest BCUT2D eigenvalue weighted by molar-refractivity contribution is 5.90. The molecule has 3 aliphatic heterocycles. The minimum Gasteiger partial charge on any atom is -0.383 e. The van der Waals surface area contributed by atoms with Crippen molar-refractivity contribution >= 4 is 11.8 Å². The van der Waals surface area contributed by atoms with Crippen molar-refractivity contribution in [2.45, 2.75) is 63.0 Å². The molecule has 0 aromatic heterocycles. The van der Waals surface area contributed by atoms with E-state index in [2.05, 4.69) is 10.6 Å². The van der Waals surface area contributed by atoms with Gasteiger partial charge in [0.25, 0.3) is 5.91 Å². The number of aliphatic hydroxyl groups is 1. The van der Waals surface area contributed by atoms with E-state index in [1.807, 2.05) is 30.3 Å². The van der Waals surface area contributed by atoms with E-state index in [-0.39, 0.29) is 30.4 Å². The molecular formula is C22H31N3O4. The first-order valence-electron chi connectivity index (χ1n) is 10.8. The summed E-state index contributed by atoms with van der Waals surface area (Å²) in [6, 6.07) is 9.21. The molecule has 0 radical (unpaired) electrons. The van der Waals surface area contributed by atoms with Gasteiger partial charge in [-0.3, -0.25) is 9.59 Å². The van der Waals surface area contributed by atoms with Crippen molar-refractivity contribution in [2.24, 2.45) is 5.92 Å². The Morgan fingerprint density at radius 2 is 1.93 bits per heavy atom. The first-order chi connectivity index (χ1) is 14.1. The number of carbonyl (C=O) groups excluding carboxylic acids is 2. The molecule has 0 aliphatic carbocycles. The molecule has 1 aromatic carbocycles. The summed E-state index contributed by atoms with van der Waals surface area (Å²) in [6.45, 7) is 3.07. The zero-order chi connectivity index (χ0) is 20.2. The molecule has 4 rings (SSSR count). The fraction of sp³-hybridized carbons (Fsp3) is 0.636. The third kappa shape index (κ3) is 4.63. The molecule has 3 saturated heterocycles. The number of nitrogens with one attached hydrogen (secondary N) is 2. The summed E-state index contributed by atoms with van der Waals surface area (Å²) in [7, 11) is 0. The molecule has 3 heterocycles. The van der Waals surface area contributed by atoms with Gasteiger partial charge in [-0.1, -0.05) is 30.3 Å². The number of ether oxygens (including phenoxy) is 1. The Bertz CT molecular complexity index is 707. The molecule has 0 spiro atoms. The second-order valence-corrected chi connectivity index (χ2v) is 8.43. The molecule has 7 heteroatoms. The highest BCUT2D eigenvalue weighted by Gasteiger charge is 2.50. The van der Waals surface area contributed by atoms with E-state index < -0.39 is 12.1 Å². The van der Waals surface area contributed by atoms with Gasteiger partial charge >= 0.3 is 0 Å². The average Bonchev–Trinajstić information content (AvgIpc) is 3.21. The molecule has 0 saturated carbocycles. The van der Waals surface area contributed by atoms with Gasteiger partial charge in [-0.15, -0.1) is 0 Å². The number of hydrogen-bond acceptors (Lipinski definition) is 5. The highest BCUT2D eigenvalue weighted by atomic mass is 16.5. The van der Waals surface area contributed by atoms with Crippen molar-refractivity contribution in [3.63, 3.8) is 0 Å². The van der Waals surface area contributed by atoms with Crippen molar-refractivity contribution in [3.05, 3.63) is 35.9 Å². The zero-order valence-electron chi connectivity index (χ0n) is 16.8. The smallest absolute Gasteiger partial charge is 0.252 e. The van der Waals surface area contributed by atoms with Crippen LogP contribution in [0.15, 0.2) is 30.3 Å². The molecule has 158 valence electrons. The lowest BCUT2D eigenvalue weighted by atomic mass is 9.96. The van der Waals surface area contributed by atoms with Crippen LogP contribution >= 0.6 is 0 Å². The second kappa shape index (κ2) is 9.24. The minimum atomic E-state index is -1.11. The Balaban J connectivity index is 1.37. The summed E-state index contributed by atoms with van der Waals surface area (Å²) < 4.78 is 6.09. The third-order valence-corrected chi connectivity index (χ3v) is 6.49. The predicted octanol–water partition coefficient (Wildman–Crippen LogP) is 0.812. The maximum atomic E-state index is 12.8. The second-order valence-electron chi connectivity index (χ2n) is 8.43. The zero-order valence-corrected chi connectivity index (χ0v) is 16.8. The maximum absolute atomic E-state index is 12.8. The van der Waals surface area contributed by atoms with Crippen molar-refractivity contribution in [3.8, 4) is 0 Å². The first-order valence-corrected chi connectivity index (χ1v) is 10.8. The number of aliphatic hydroxyl groups excluding tert-OH is 1. The largest absolute Gasteiger partial charge is 0.383 e.